The summed E-state index contributed by atoms with van der Waals surface area (Å²) in [6.45, 7) is 0. The smallest absolute Gasteiger partial charge is 0.315 e. The van der Waals surface area contributed by atoms with Crippen LogP contribution in [-0.4, -0.2) is 49.2 Å². The van der Waals surface area contributed by atoms with Crippen LogP contribution in [0, 0.1) is 0 Å². The van der Waals surface area contributed by atoms with Crippen LogP contribution >= 0.6 is 23.4 Å². The zero-order chi connectivity index (χ0) is 20.6. The van der Waals surface area contributed by atoms with Crippen molar-refractivity contribution in [3.63, 3.8) is 0 Å². The molecule has 3 amide bonds. The summed E-state index contributed by atoms with van der Waals surface area (Å²) in [5.41, 5.74) is 1.06. The Morgan fingerprint density at radius 1 is 1.28 bits per heavy atom. The number of sulfone groups is 1. The standard InChI is InChI=1S/C19H24ClN3O4S2/c20-11-5-6-15-12(9-11)13(7-8-28-15)21-17(24)4-2-1-3-16-18-14(10-29(16,26)27)22-19(25)23-18/h5-6,9,13-14,16,18H,1-4,7-8,10H2,(H,21,24)(H2,22,23,25)/t13-,14-,16-,18-/m1/s1. The molecule has 0 radical (unpaired) electrons. The van der Waals surface area contributed by atoms with Crippen molar-refractivity contribution in [3.8, 4) is 0 Å². The Labute approximate surface area is 179 Å². The Balaban J connectivity index is 1.26. The lowest BCUT2D eigenvalue weighted by atomic mass is 10.0. The van der Waals surface area contributed by atoms with E-state index in [0.717, 1.165) is 22.6 Å². The maximum absolute atomic E-state index is 12.4. The molecule has 1 aromatic rings. The van der Waals surface area contributed by atoms with Crippen molar-refractivity contribution >= 4 is 45.1 Å². The van der Waals surface area contributed by atoms with Gasteiger partial charge < -0.3 is 16.0 Å². The predicted molar refractivity (Wildman–Crippen MR) is 113 cm³/mol. The molecule has 2 fully saturated rings. The minimum absolute atomic E-state index is 0.0107. The largest absolute Gasteiger partial charge is 0.349 e. The van der Waals surface area contributed by atoms with Gasteiger partial charge in [-0.2, -0.15) is 0 Å². The molecule has 29 heavy (non-hydrogen) atoms. The van der Waals surface area contributed by atoms with E-state index >= 15 is 0 Å². The Hall–Kier alpha value is -1.45. The third-order valence-corrected chi connectivity index (χ3v) is 9.44. The molecule has 4 rings (SSSR count). The second-order valence-electron chi connectivity index (χ2n) is 7.80. The van der Waals surface area contributed by atoms with Crippen molar-refractivity contribution in [3.05, 3.63) is 28.8 Å². The Morgan fingerprint density at radius 2 is 2.10 bits per heavy atom. The lowest BCUT2D eigenvalue weighted by molar-refractivity contribution is -0.122. The van der Waals surface area contributed by atoms with Crippen molar-refractivity contribution in [2.45, 2.75) is 60.4 Å². The fraction of sp³-hybridized carbons (Fsp3) is 0.579. The summed E-state index contributed by atoms with van der Waals surface area (Å²) in [7, 11) is -3.22. The maximum Gasteiger partial charge on any atom is 0.315 e. The van der Waals surface area contributed by atoms with Gasteiger partial charge in [-0.05, 0) is 43.0 Å². The number of unbranched alkanes of at least 4 members (excludes halogenated alkanes) is 1. The molecule has 0 unspecified atom stereocenters. The molecular weight excluding hydrogens is 434 g/mol. The van der Waals surface area contributed by atoms with Crippen molar-refractivity contribution < 1.29 is 18.0 Å². The van der Waals surface area contributed by atoms with Gasteiger partial charge in [0.05, 0.1) is 29.1 Å². The number of thioether (sulfide) groups is 1. The first-order valence-electron chi connectivity index (χ1n) is 9.84. The molecule has 0 aromatic heterocycles. The van der Waals surface area contributed by atoms with Crippen molar-refractivity contribution in [2.75, 3.05) is 11.5 Å². The number of halogens is 1. The van der Waals surface area contributed by atoms with Crippen LogP contribution in [0.15, 0.2) is 23.1 Å². The number of fused-ring (bicyclic) bond motifs is 2. The Kier molecular flexibility index (Phi) is 5.99. The minimum atomic E-state index is -3.22. The van der Waals surface area contributed by atoms with Crippen molar-refractivity contribution in [1.29, 1.82) is 0 Å². The monoisotopic (exact) mass is 457 g/mol. The van der Waals surface area contributed by atoms with E-state index < -0.39 is 15.1 Å². The molecule has 3 aliphatic rings. The predicted octanol–water partition coefficient (Wildman–Crippen LogP) is 2.40. The topological polar surface area (TPSA) is 104 Å². The summed E-state index contributed by atoms with van der Waals surface area (Å²) in [6, 6.07) is 4.74. The van der Waals surface area contributed by atoms with Gasteiger partial charge in [0.15, 0.2) is 9.84 Å². The lowest BCUT2D eigenvalue weighted by Gasteiger charge is -2.26. The third-order valence-electron chi connectivity index (χ3n) is 5.81. The van der Waals surface area contributed by atoms with E-state index in [1.54, 1.807) is 11.8 Å². The third kappa shape index (κ3) is 4.51. The molecule has 10 heteroatoms. The van der Waals surface area contributed by atoms with Gasteiger partial charge in [-0.1, -0.05) is 18.0 Å². The van der Waals surface area contributed by atoms with Crippen LogP contribution in [0.25, 0.3) is 0 Å². The van der Waals surface area contributed by atoms with Gasteiger partial charge in [0.25, 0.3) is 0 Å². The van der Waals surface area contributed by atoms with E-state index in [2.05, 4.69) is 16.0 Å². The van der Waals surface area contributed by atoms with Crippen molar-refractivity contribution in [2.24, 2.45) is 0 Å². The summed E-state index contributed by atoms with van der Waals surface area (Å²) in [5.74, 6) is 0.904. The SMILES string of the molecule is O=C(CCCC[C@@H]1[C@@H]2NC(=O)N[C@@H]2CS1(=O)=O)N[C@@H]1CCSc2ccc(Cl)cc21. The summed E-state index contributed by atoms with van der Waals surface area (Å²) in [4.78, 5) is 25.0. The number of carbonyl (C=O) groups is 2. The van der Waals surface area contributed by atoms with Crippen LogP contribution in [0.5, 0.6) is 0 Å². The van der Waals surface area contributed by atoms with Gasteiger partial charge in [-0.3, -0.25) is 4.79 Å². The van der Waals surface area contributed by atoms with E-state index in [-0.39, 0.29) is 35.8 Å². The maximum atomic E-state index is 12.4. The fourth-order valence-electron chi connectivity index (χ4n) is 4.42. The van der Waals surface area contributed by atoms with Gasteiger partial charge in [-0.15, -0.1) is 11.8 Å². The minimum Gasteiger partial charge on any atom is -0.349 e. The average Bonchev–Trinajstić information content (AvgIpc) is 3.11. The number of hydrogen-bond acceptors (Lipinski definition) is 5. The molecule has 0 aliphatic carbocycles. The Morgan fingerprint density at radius 3 is 2.93 bits per heavy atom. The van der Waals surface area contributed by atoms with E-state index in [1.807, 2.05) is 18.2 Å². The highest BCUT2D eigenvalue weighted by Gasteiger charge is 2.51. The van der Waals surface area contributed by atoms with Crippen LogP contribution in [-0.2, 0) is 14.6 Å². The fourth-order valence-corrected chi connectivity index (χ4v) is 7.97. The van der Waals surface area contributed by atoms with E-state index in [4.69, 9.17) is 11.6 Å². The number of carbonyl (C=O) groups excluding carboxylic acids is 2. The van der Waals surface area contributed by atoms with E-state index in [1.165, 1.54) is 0 Å². The molecule has 7 nitrogen and oxygen atoms in total. The number of urea groups is 1. The highest BCUT2D eigenvalue weighted by Crippen LogP contribution is 2.37. The van der Waals surface area contributed by atoms with E-state index in [0.29, 0.717) is 30.7 Å². The highest BCUT2D eigenvalue weighted by molar-refractivity contribution is 7.99. The molecule has 3 heterocycles. The zero-order valence-electron chi connectivity index (χ0n) is 15.8. The molecule has 1 aromatic carbocycles. The van der Waals surface area contributed by atoms with Gasteiger partial charge in [-0.25, -0.2) is 13.2 Å². The van der Waals surface area contributed by atoms with Gasteiger partial charge in [0.1, 0.15) is 0 Å². The second-order valence-corrected chi connectivity index (χ2v) is 11.6. The molecule has 3 N–H and O–H groups in total. The molecule has 4 atom stereocenters. The van der Waals surface area contributed by atoms with Crippen LogP contribution in [0.1, 0.15) is 43.7 Å². The molecule has 3 aliphatic heterocycles. The summed E-state index contributed by atoms with van der Waals surface area (Å²) < 4.78 is 24.7. The number of rotatable bonds is 6. The quantitative estimate of drug-likeness (QED) is 0.449. The van der Waals surface area contributed by atoms with Crippen LogP contribution in [0.4, 0.5) is 4.79 Å². The van der Waals surface area contributed by atoms with E-state index in [9.17, 15) is 18.0 Å². The molecule has 0 saturated carbocycles. The number of amides is 3. The van der Waals surface area contributed by atoms with Crippen molar-refractivity contribution in [1.82, 2.24) is 16.0 Å². The summed E-state index contributed by atoms with van der Waals surface area (Å²) in [6.07, 6.45) is 2.90. The Bertz CT molecular complexity index is 924. The molecule has 0 spiro atoms. The van der Waals surface area contributed by atoms with Crippen LogP contribution < -0.4 is 16.0 Å². The van der Waals surface area contributed by atoms with Crippen LogP contribution in [0.3, 0.4) is 0 Å². The highest BCUT2D eigenvalue weighted by atomic mass is 35.5. The second kappa shape index (κ2) is 8.35. The summed E-state index contributed by atoms with van der Waals surface area (Å²) in [5, 5.41) is 8.57. The number of hydrogen-bond donors (Lipinski definition) is 3. The normalized spacial score (nSPS) is 29.5. The van der Waals surface area contributed by atoms with Gasteiger partial charge >= 0.3 is 6.03 Å². The van der Waals surface area contributed by atoms with Gasteiger partial charge in [0.2, 0.25) is 5.91 Å². The molecule has 2 saturated heterocycles. The first-order valence-corrected chi connectivity index (χ1v) is 12.9. The number of nitrogens with one attached hydrogen (secondary N) is 3. The molecule has 158 valence electrons. The van der Waals surface area contributed by atoms with Gasteiger partial charge in [0, 0.05) is 22.1 Å². The number of benzene rings is 1. The summed E-state index contributed by atoms with van der Waals surface area (Å²) >= 11 is 7.88. The molecular formula is C19H24ClN3O4S2. The average molecular weight is 458 g/mol. The first-order chi connectivity index (χ1) is 13.8. The first kappa shape index (κ1) is 20.8. The molecule has 0 bridgehead atoms. The van der Waals surface area contributed by atoms with Crippen LogP contribution in [0.2, 0.25) is 5.02 Å². The lowest BCUT2D eigenvalue weighted by Crippen LogP contribution is -2.39. The zero-order valence-corrected chi connectivity index (χ0v) is 18.2.